The van der Waals surface area contributed by atoms with E-state index in [-0.39, 0.29) is 16.5 Å². The van der Waals surface area contributed by atoms with Gasteiger partial charge in [0, 0.05) is 23.2 Å². The Hall–Kier alpha value is -3.49. The minimum Gasteiger partial charge on any atom is -0.387 e. The number of fused-ring (bicyclic) bond motifs is 1. The molecule has 4 aromatic rings. The van der Waals surface area contributed by atoms with Crippen molar-refractivity contribution < 1.29 is 18.3 Å². The summed E-state index contributed by atoms with van der Waals surface area (Å²) in [6.45, 7) is 0.448. The van der Waals surface area contributed by atoms with Gasteiger partial charge in [0.15, 0.2) is 0 Å². The molecular formula is C31H29ClN2O4S. The van der Waals surface area contributed by atoms with Crippen molar-refractivity contribution in [2.75, 3.05) is 6.54 Å². The quantitative estimate of drug-likeness (QED) is 0.271. The van der Waals surface area contributed by atoms with Crippen molar-refractivity contribution >= 4 is 27.5 Å². The molecule has 2 atom stereocenters. The van der Waals surface area contributed by atoms with Crippen LogP contribution in [-0.2, 0) is 22.9 Å². The normalized spacial score (nSPS) is 15.8. The summed E-state index contributed by atoms with van der Waals surface area (Å²) in [7, 11) is -3.94. The molecule has 0 saturated carbocycles. The molecule has 39 heavy (non-hydrogen) atoms. The first kappa shape index (κ1) is 27.1. The van der Waals surface area contributed by atoms with Gasteiger partial charge in [0.2, 0.25) is 0 Å². The van der Waals surface area contributed by atoms with Crippen molar-refractivity contribution in [2.24, 2.45) is 0 Å². The van der Waals surface area contributed by atoms with E-state index in [0.717, 1.165) is 36.0 Å². The fourth-order valence-corrected chi connectivity index (χ4v) is 6.07. The van der Waals surface area contributed by atoms with E-state index < -0.39 is 22.0 Å². The molecule has 8 heteroatoms. The summed E-state index contributed by atoms with van der Waals surface area (Å²) in [6.07, 6.45) is 2.16. The van der Waals surface area contributed by atoms with Gasteiger partial charge in [-0.05, 0) is 83.5 Å². The van der Waals surface area contributed by atoms with E-state index in [1.54, 1.807) is 42.5 Å². The van der Waals surface area contributed by atoms with Crippen LogP contribution in [0.5, 0.6) is 0 Å². The second-order valence-corrected chi connectivity index (χ2v) is 11.8. The first-order chi connectivity index (χ1) is 18.8. The Kier molecular flexibility index (Phi) is 8.14. The van der Waals surface area contributed by atoms with Crippen LogP contribution >= 0.6 is 11.6 Å². The van der Waals surface area contributed by atoms with Gasteiger partial charge < -0.3 is 10.4 Å². The van der Waals surface area contributed by atoms with Crippen LogP contribution in [0.15, 0.2) is 102 Å². The molecule has 0 unspecified atom stereocenters. The highest BCUT2D eigenvalue weighted by Gasteiger charge is 2.21. The molecule has 0 bridgehead atoms. The average Bonchev–Trinajstić information content (AvgIpc) is 2.96. The highest BCUT2D eigenvalue weighted by Crippen LogP contribution is 2.28. The summed E-state index contributed by atoms with van der Waals surface area (Å²) in [5, 5.41) is 14.7. The lowest BCUT2D eigenvalue weighted by molar-refractivity contribution is 0.0981. The lowest BCUT2D eigenvalue weighted by Crippen LogP contribution is -2.37. The van der Waals surface area contributed by atoms with E-state index in [1.807, 2.05) is 24.3 Å². The first-order valence-corrected chi connectivity index (χ1v) is 14.7. The van der Waals surface area contributed by atoms with Crippen molar-refractivity contribution in [2.45, 2.75) is 36.3 Å². The Morgan fingerprint density at radius 3 is 2.38 bits per heavy atom. The molecule has 6 nitrogen and oxygen atoms in total. The Labute approximate surface area is 233 Å². The number of sulfonamides is 1. The molecule has 0 radical (unpaired) electrons. The maximum absolute atomic E-state index is 12.6. The number of aliphatic hydroxyl groups is 1. The van der Waals surface area contributed by atoms with E-state index in [9.17, 15) is 18.3 Å². The largest absolute Gasteiger partial charge is 0.387 e. The Balaban J connectivity index is 1.23. The number of halogens is 1. The number of benzene rings is 4. The molecule has 0 heterocycles. The number of nitrogens with one attached hydrogen (secondary N) is 2. The fourth-order valence-electron chi connectivity index (χ4n) is 4.87. The molecular weight excluding hydrogens is 532 g/mol. The van der Waals surface area contributed by atoms with Gasteiger partial charge in [-0.25, -0.2) is 13.1 Å². The second kappa shape index (κ2) is 11.7. The first-order valence-electron chi connectivity index (χ1n) is 12.8. The van der Waals surface area contributed by atoms with Crippen molar-refractivity contribution in [1.82, 2.24) is 10.0 Å². The number of aliphatic hydroxyl groups excluding tert-OH is 1. The summed E-state index contributed by atoms with van der Waals surface area (Å²) < 4.78 is 27.1. The zero-order valence-corrected chi connectivity index (χ0v) is 22.8. The van der Waals surface area contributed by atoms with Crippen LogP contribution in [0.3, 0.4) is 0 Å². The molecule has 0 saturated heterocycles. The van der Waals surface area contributed by atoms with Crippen LogP contribution < -0.4 is 10.0 Å². The molecule has 1 aliphatic rings. The molecule has 0 fully saturated rings. The standard InChI is InChI=1S/C31H29ClN2O4S/c32-27-6-4-5-25(18-27)30(35)20-33-28-16-15-22-11-14-24(17-26(22)19-28)21-9-12-23(13-10-21)31(36)34-39(37,38)29-7-2-1-3-8-29/h1-14,17-18,28,30,33,35H,15-16,19-20H2,(H,34,36)/t28-,30+/m0/s1. The van der Waals surface area contributed by atoms with Gasteiger partial charge in [-0.1, -0.05) is 72.3 Å². The average molecular weight is 561 g/mol. The van der Waals surface area contributed by atoms with E-state index in [1.165, 1.54) is 23.3 Å². The number of rotatable bonds is 8. The predicted octanol–water partition coefficient (Wildman–Crippen LogP) is 5.31. The minimum atomic E-state index is -3.94. The number of hydrogen-bond acceptors (Lipinski definition) is 5. The monoisotopic (exact) mass is 560 g/mol. The zero-order chi connectivity index (χ0) is 27.4. The number of aryl methyl sites for hydroxylation is 1. The third-order valence-electron chi connectivity index (χ3n) is 7.03. The van der Waals surface area contributed by atoms with Gasteiger partial charge in [-0.2, -0.15) is 0 Å². The zero-order valence-electron chi connectivity index (χ0n) is 21.2. The SMILES string of the molecule is O=C(NS(=O)(=O)c1ccccc1)c1ccc(-c2ccc3c(c2)C[C@@H](NC[C@@H](O)c2cccc(Cl)c2)CC3)cc1. The molecule has 1 aliphatic carbocycles. The highest BCUT2D eigenvalue weighted by atomic mass is 35.5. The third-order valence-corrected chi connectivity index (χ3v) is 8.61. The van der Waals surface area contributed by atoms with Crippen LogP contribution in [0.4, 0.5) is 0 Å². The smallest absolute Gasteiger partial charge is 0.264 e. The molecule has 0 aromatic heterocycles. The summed E-state index contributed by atoms with van der Waals surface area (Å²) in [5.74, 6) is -0.676. The fraction of sp³-hybridized carbons (Fsp3) is 0.194. The van der Waals surface area contributed by atoms with Crippen molar-refractivity contribution in [1.29, 1.82) is 0 Å². The summed E-state index contributed by atoms with van der Waals surface area (Å²) >= 11 is 6.06. The topological polar surface area (TPSA) is 95.5 Å². The summed E-state index contributed by atoms with van der Waals surface area (Å²) in [5.41, 5.74) is 5.59. The number of hydrogen-bond donors (Lipinski definition) is 3. The molecule has 1 amide bonds. The minimum absolute atomic E-state index is 0.0378. The van der Waals surface area contributed by atoms with Crippen molar-refractivity contribution in [3.63, 3.8) is 0 Å². The van der Waals surface area contributed by atoms with E-state index >= 15 is 0 Å². The maximum atomic E-state index is 12.6. The van der Waals surface area contributed by atoms with Crippen LogP contribution in [0.2, 0.25) is 5.02 Å². The maximum Gasteiger partial charge on any atom is 0.264 e. The van der Waals surface area contributed by atoms with Crippen LogP contribution in [0.1, 0.15) is 39.6 Å². The van der Waals surface area contributed by atoms with Gasteiger partial charge in [-0.3, -0.25) is 4.79 Å². The molecule has 200 valence electrons. The van der Waals surface area contributed by atoms with Gasteiger partial charge in [0.1, 0.15) is 0 Å². The van der Waals surface area contributed by atoms with Crippen LogP contribution in [-0.4, -0.2) is 32.0 Å². The van der Waals surface area contributed by atoms with Crippen molar-refractivity contribution in [3.8, 4) is 11.1 Å². The lowest BCUT2D eigenvalue weighted by Gasteiger charge is -2.27. The van der Waals surface area contributed by atoms with Crippen LogP contribution in [0, 0.1) is 0 Å². The Bertz CT molecular complexity index is 1570. The molecule has 0 aliphatic heterocycles. The number of carbonyl (C=O) groups excluding carboxylic acids is 1. The van der Waals surface area contributed by atoms with Crippen molar-refractivity contribution in [3.05, 3.63) is 124 Å². The molecule has 0 spiro atoms. The van der Waals surface area contributed by atoms with E-state index in [2.05, 4.69) is 28.2 Å². The number of amides is 1. The van der Waals surface area contributed by atoms with Gasteiger partial charge in [0.25, 0.3) is 15.9 Å². The third kappa shape index (κ3) is 6.57. The predicted molar refractivity (Wildman–Crippen MR) is 153 cm³/mol. The highest BCUT2D eigenvalue weighted by molar-refractivity contribution is 7.90. The van der Waals surface area contributed by atoms with Gasteiger partial charge in [-0.15, -0.1) is 0 Å². The van der Waals surface area contributed by atoms with Crippen LogP contribution in [0.25, 0.3) is 11.1 Å². The molecule has 4 aromatic carbocycles. The van der Waals surface area contributed by atoms with E-state index in [4.69, 9.17) is 11.6 Å². The van der Waals surface area contributed by atoms with Gasteiger partial charge >= 0.3 is 0 Å². The molecule has 5 rings (SSSR count). The second-order valence-electron chi connectivity index (χ2n) is 9.73. The number of carbonyl (C=O) groups is 1. The summed E-state index contributed by atoms with van der Waals surface area (Å²) in [4.78, 5) is 12.6. The van der Waals surface area contributed by atoms with Gasteiger partial charge in [0.05, 0.1) is 11.0 Å². The molecule has 3 N–H and O–H groups in total. The Morgan fingerprint density at radius 2 is 1.64 bits per heavy atom. The summed E-state index contributed by atoms with van der Waals surface area (Å²) in [6, 6.07) is 28.6. The van der Waals surface area contributed by atoms with E-state index in [0.29, 0.717) is 11.6 Å². The Morgan fingerprint density at radius 1 is 0.897 bits per heavy atom. The lowest BCUT2D eigenvalue weighted by atomic mass is 9.86.